The summed E-state index contributed by atoms with van der Waals surface area (Å²) in [5, 5.41) is 2.72. The van der Waals surface area contributed by atoms with Crippen LogP contribution in [0.15, 0.2) is 48.5 Å². The molecule has 2 rings (SSSR count). The van der Waals surface area contributed by atoms with Crippen LogP contribution >= 0.6 is 0 Å². The van der Waals surface area contributed by atoms with Gasteiger partial charge in [0.2, 0.25) is 5.91 Å². The smallest absolute Gasteiger partial charge is 0.416 e. The van der Waals surface area contributed by atoms with Crippen molar-refractivity contribution in [1.29, 1.82) is 0 Å². The first kappa shape index (κ1) is 16.9. The van der Waals surface area contributed by atoms with Crippen molar-refractivity contribution in [2.24, 2.45) is 0 Å². The van der Waals surface area contributed by atoms with Gasteiger partial charge < -0.3 is 10.1 Å². The molecule has 2 aromatic carbocycles. The number of rotatable bonds is 5. The molecule has 0 radical (unpaired) electrons. The maximum Gasteiger partial charge on any atom is 0.416 e. The molecule has 0 aromatic heterocycles. The van der Waals surface area contributed by atoms with Gasteiger partial charge in [-0.15, -0.1) is 0 Å². The number of hydrogen-bond donors (Lipinski definition) is 1. The van der Waals surface area contributed by atoms with Gasteiger partial charge in [0.1, 0.15) is 5.75 Å². The Morgan fingerprint density at radius 2 is 1.65 bits per heavy atom. The van der Waals surface area contributed by atoms with Crippen LogP contribution in [0.1, 0.15) is 17.5 Å². The molecular formula is C17H16F3NO2. The SMILES string of the molecule is COc1ccc(NC(=O)CCc2ccc(C(F)(F)F)cc2)cc1. The summed E-state index contributed by atoms with van der Waals surface area (Å²) < 4.78 is 42.4. The number of halogens is 3. The van der Waals surface area contributed by atoms with E-state index in [0.717, 1.165) is 12.1 Å². The van der Waals surface area contributed by atoms with E-state index in [4.69, 9.17) is 4.74 Å². The van der Waals surface area contributed by atoms with Gasteiger partial charge in [-0.25, -0.2) is 0 Å². The van der Waals surface area contributed by atoms with Crippen molar-refractivity contribution in [2.45, 2.75) is 19.0 Å². The summed E-state index contributed by atoms with van der Waals surface area (Å²) in [5.41, 5.74) is 0.634. The van der Waals surface area contributed by atoms with Gasteiger partial charge in [0.05, 0.1) is 12.7 Å². The third kappa shape index (κ3) is 5.02. The first-order valence-electron chi connectivity index (χ1n) is 6.98. The highest BCUT2D eigenvalue weighted by molar-refractivity contribution is 5.90. The first-order chi connectivity index (χ1) is 10.9. The van der Waals surface area contributed by atoms with E-state index in [2.05, 4.69) is 5.32 Å². The Balaban J connectivity index is 1.86. The normalized spacial score (nSPS) is 11.1. The lowest BCUT2D eigenvalue weighted by molar-refractivity contribution is -0.137. The van der Waals surface area contributed by atoms with Gasteiger partial charge in [0.15, 0.2) is 0 Å². The van der Waals surface area contributed by atoms with Gasteiger partial charge in [0.25, 0.3) is 0 Å². The van der Waals surface area contributed by atoms with Gasteiger partial charge in [-0.3, -0.25) is 4.79 Å². The Morgan fingerprint density at radius 3 is 2.17 bits per heavy atom. The Hall–Kier alpha value is -2.50. The monoisotopic (exact) mass is 323 g/mol. The lowest BCUT2D eigenvalue weighted by Gasteiger charge is -2.08. The van der Waals surface area contributed by atoms with Crippen LogP contribution in [0.2, 0.25) is 0 Å². The number of anilines is 1. The van der Waals surface area contributed by atoms with Crippen LogP contribution in [0.3, 0.4) is 0 Å². The highest BCUT2D eigenvalue weighted by Crippen LogP contribution is 2.29. The van der Waals surface area contributed by atoms with Crippen molar-refractivity contribution in [3.05, 3.63) is 59.7 Å². The molecule has 0 atom stereocenters. The fraction of sp³-hybridized carbons (Fsp3) is 0.235. The van der Waals surface area contributed by atoms with Crippen molar-refractivity contribution < 1.29 is 22.7 Å². The second kappa shape index (κ2) is 7.17. The molecule has 3 nitrogen and oxygen atoms in total. The van der Waals surface area contributed by atoms with Crippen LogP contribution in [-0.4, -0.2) is 13.0 Å². The lowest BCUT2D eigenvalue weighted by atomic mass is 10.1. The number of ether oxygens (including phenoxy) is 1. The Bertz CT molecular complexity index is 649. The second-order valence-corrected chi connectivity index (χ2v) is 4.97. The van der Waals surface area contributed by atoms with E-state index in [1.54, 1.807) is 31.4 Å². The molecule has 2 aromatic rings. The zero-order valence-corrected chi connectivity index (χ0v) is 12.5. The summed E-state index contributed by atoms with van der Waals surface area (Å²) in [6, 6.07) is 11.7. The summed E-state index contributed by atoms with van der Waals surface area (Å²) in [5.74, 6) is 0.489. The average molecular weight is 323 g/mol. The number of aryl methyl sites for hydroxylation is 1. The number of benzene rings is 2. The van der Waals surface area contributed by atoms with Crippen molar-refractivity contribution in [3.8, 4) is 5.75 Å². The predicted molar refractivity (Wildman–Crippen MR) is 81.4 cm³/mol. The molecule has 0 fully saturated rings. The molecule has 0 saturated heterocycles. The maximum atomic E-state index is 12.5. The van der Waals surface area contributed by atoms with Gasteiger partial charge in [-0.05, 0) is 48.4 Å². The lowest BCUT2D eigenvalue weighted by Crippen LogP contribution is -2.12. The van der Waals surface area contributed by atoms with E-state index < -0.39 is 11.7 Å². The number of hydrogen-bond acceptors (Lipinski definition) is 2. The third-order valence-electron chi connectivity index (χ3n) is 3.30. The zero-order chi connectivity index (χ0) is 16.9. The summed E-state index contributed by atoms with van der Waals surface area (Å²) in [6.45, 7) is 0. The first-order valence-corrected chi connectivity index (χ1v) is 6.98. The van der Waals surface area contributed by atoms with Crippen LogP contribution < -0.4 is 10.1 Å². The minimum atomic E-state index is -4.34. The molecule has 23 heavy (non-hydrogen) atoms. The largest absolute Gasteiger partial charge is 0.497 e. The van der Waals surface area contributed by atoms with Gasteiger partial charge in [0, 0.05) is 12.1 Å². The van der Waals surface area contributed by atoms with Gasteiger partial charge in [-0.1, -0.05) is 12.1 Å². The summed E-state index contributed by atoms with van der Waals surface area (Å²) in [6.07, 6.45) is -3.78. The fourth-order valence-corrected chi connectivity index (χ4v) is 2.02. The molecule has 0 unspecified atom stereocenters. The predicted octanol–water partition coefficient (Wildman–Crippen LogP) is 4.29. The molecule has 122 valence electrons. The summed E-state index contributed by atoms with van der Waals surface area (Å²) in [7, 11) is 1.55. The van der Waals surface area contributed by atoms with Gasteiger partial charge >= 0.3 is 6.18 Å². The molecular weight excluding hydrogens is 307 g/mol. The topological polar surface area (TPSA) is 38.3 Å². The van der Waals surface area contributed by atoms with Crippen LogP contribution in [0, 0.1) is 0 Å². The Kier molecular flexibility index (Phi) is 5.26. The van der Waals surface area contributed by atoms with Crippen molar-refractivity contribution in [3.63, 3.8) is 0 Å². The number of carbonyl (C=O) groups excluding carboxylic acids is 1. The van der Waals surface area contributed by atoms with Crippen molar-refractivity contribution >= 4 is 11.6 Å². The molecule has 0 saturated carbocycles. The third-order valence-corrected chi connectivity index (χ3v) is 3.30. The maximum absolute atomic E-state index is 12.5. The molecule has 0 aliphatic rings. The van der Waals surface area contributed by atoms with E-state index in [0.29, 0.717) is 23.4 Å². The number of alkyl halides is 3. The summed E-state index contributed by atoms with van der Waals surface area (Å²) in [4.78, 5) is 11.8. The molecule has 1 amide bonds. The molecule has 1 N–H and O–H groups in total. The minimum Gasteiger partial charge on any atom is -0.497 e. The van der Waals surface area contributed by atoms with Crippen LogP contribution in [0.4, 0.5) is 18.9 Å². The van der Waals surface area contributed by atoms with Crippen LogP contribution in [0.25, 0.3) is 0 Å². The Labute approximate surface area is 132 Å². The average Bonchev–Trinajstić information content (AvgIpc) is 2.53. The molecule has 6 heteroatoms. The molecule has 0 bridgehead atoms. The van der Waals surface area contributed by atoms with E-state index in [-0.39, 0.29) is 12.3 Å². The van der Waals surface area contributed by atoms with E-state index in [9.17, 15) is 18.0 Å². The van der Waals surface area contributed by atoms with Crippen molar-refractivity contribution in [1.82, 2.24) is 0 Å². The molecule has 0 aliphatic heterocycles. The zero-order valence-electron chi connectivity index (χ0n) is 12.5. The number of amides is 1. The van der Waals surface area contributed by atoms with E-state index >= 15 is 0 Å². The molecule has 0 spiro atoms. The standard InChI is InChI=1S/C17H16F3NO2/c1-23-15-9-7-14(8-10-15)21-16(22)11-4-12-2-5-13(6-3-12)17(18,19)20/h2-3,5-10H,4,11H2,1H3,(H,21,22). The van der Waals surface area contributed by atoms with Crippen LogP contribution in [0.5, 0.6) is 5.75 Å². The minimum absolute atomic E-state index is 0.192. The summed E-state index contributed by atoms with van der Waals surface area (Å²) >= 11 is 0. The van der Waals surface area contributed by atoms with Gasteiger partial charge in [-0.2, -0.15) is 13.2 Å². The number of nitrogens with one attached hydrogen (secondary N) is 1. The fourth-order valence-electron chi connectivity index (χ4n) is 2.02. The number of carbonyl (C=O) groups is 1. The molecule has 0 aliphatic carbocycles. The van der Waals surface area contributed by atoms with Crippen molar-refractivity contribution in [2.75, 3.05) is 12.4 Å². The highest BCUT2D eigenvalue weighted by atomic mass is 19.4. The number of methoxy groups -OCH3 is 1. The van der Waals surface area contributed by atoms with Crippen LogP contribution in [-0.2, 0) is 17.4 Å². The quantitative estimate of drug-likeness (QED) is 0.891. The molecule has 0 heterocycles. The highest BCUT2D eigenvalue weighted by Gasteiger charge is 2.29. The Morgan fingerprint density at radius 1 is 1.04 bits per heavy atom. The van der Waals surface area contributed by atoms with E-state index in [1.807, 2.05) is 0 Å². The second-order valence-electron chi connectivity index (χ2n) is 4.97. The van der Waals surface area contributed by atoms with E-state index in [1.165, 1.54) is 12.1 Å².